The summed E-state index contributed by atoms with van der Waals surface area (Å²) in [5.74, 6) is -0.901. The number of fused-ring (bicyclic) bond motifs is 3. The maximum atomic E-state index is 13.0. The van der Waals surface area contributed by atoms with Crippen molar-refractivity contribution in [3.8, 4) is 28.4 Å². The Bertz CT molecular complexity index is 1580. The third-order valence-corrected chi connectivity index (χ3v) is 8.05. The average molecular weight is 659 g/mol. The molecule has 0 fully saturated rings. The van der Waals surface area contributed by atoms with E-state index in [9.17, 15) is 18.8 Å². The van der Waals surface area contributed by atoms with Crippen LogP contribution in [0.25, 0.3) is 11.1 Å². The van der Waals surface area contributed by atoms with Crippen LogP contribution in [0.2, 0.25) is 0 Å². The molecule has 0 amide bonds. The van der Waals surface area contributed by atoms with E-state index in [0.29, 0.717) is 43.3 Å². The molecular weight excluding hydrogens is 615 g/mol. The van der Waals surface area contributed by atoms with Gasteiger partial charge in [0.15, 0.2) is 0 Å². The Labute approximate surface area is 281 Å². The topological polar surface area (TPSA) is 97.4 Å². The molecule has 0 N–H and O–H groups in total. The first kappa shape index (κ1) is 35.9. The molecular formula is C39H43FO8. The quantitative estimate of drug-likeness (QED) is 0.0515. The summed E-state index contributed by atoms with van der Waals surface area (Å²) in [7, 11) is 0. The zero-order chi connectivity index (χ0) is 34.3. The number of carbonyl (C=O) groups excluding carboxylic acids is 3. The highest BCUT2D eigenvalue weighted by Crippen LogP contribution is 2.46. The number of hydrogen-bond donors (Lipinski definition) is 0. The number of benzene rings is 3. The molecule has 0 radical (unpaired) electrons. The number of unbranched alkanes of at least 4 members (excludes halogenated alkanes) is 6. The molecule has 48 heavy (non-hydrogen) atoms. The minimum atomic E-state index is -1.09. The maximum absolute atomic E-state index is 13.0. The second-order valence-corrected chi connectivity index (χ2v) is 11.6. The number of halogens is 1. The van der Waals surface area contributed by atoms with Gasteiger partial charge in [-0.3, -0.25) is 0 Å². The van der Waals surface area contributed by atoms with Crippen LogP contribution in [0.3, 0.4) is 0 Å². The first-order valence-electron chi connectivity index (χ1n) is 16.4. The van der Waals surface area contributed by atoms with Crippen molar-refractivity contribution < 1.29 is 42.5 Å². The highest BCUT2D eigenvalue weighted by atomic mass is 19.1. The number of hydrogen-bond acceptors (Lipinski definition) is 8. The molecule has 0 saturated heterocycles. The molecule has 254 valence electrons. The fraction of sp³-hybridized carbons (Fsp3) is 0.359. The first-order chi connectivity index (χ1) is 23.3. The van der Waals surface area contributed by atoms with Gasteiger partial charge in [0.2, 0.25) is 5.83 Å². The van der Waals surface area contributed by atoms with Gasteiger partial charge in [0, 0.05) is 12.0 Å². The highest BCUT2D eigenvalue weighted by molar-refractivity contribution is 5.93. The second-order valence-electron chi connectivity index (χ2n) is 11.6. The van der Waals surface area contributed by atoms with Gasteiger partial charge >= 0.3 is 17.9 Å². The molecule has 9 heteroatoms. The van der Waals surface area contributed by atoms with Gasteiger partial charge in [-0.25, -0.2) is 14.4 Å². The van der Waals surface area contributed by atoms with E-state index in [1.54, 1.807) is 30.3 Å². The predicted octanol–water partition coefficient (Wildman–Crippen LogP) is 8.67. The van der Waals surface area contributed by atoms with Crippen LogP contribution in [0.4, 0.5) is 4.39 Å². The Morgan fingerprint density at radius 3 is 1.83 bits per heavy atom. The van der Waals surface area contributed by atoms with Crippen LogP contribution in [-0.2, 0) is 19.1 Å². The molecule has 1 aliphatic rings. The van der Waals surface area contributed by atoms with E-state index >= 15 is 0 Å². The van der Waals surface area contributed by atoms with Crippen LogP contribution < -0.4 is 14.2 Å². The van der Waals surface area contributed by atoms with Gasteiger partial charge in [-0.15, -0.1) is 0 Å². The zero-order valence-corrected chi connectivity index (χ0v) is 27.5. The highest BCUT2D eigenvalue weighted by Gasteiger charge is 2.27. The molecule has 0 bridgehead atoms. The number of carbonyl (C=O) groups is 3. The van der Waals surface area contributed by atoms with E-state index in [1.165, 1.54) is 11.6 Å². The standard InChI is InChI=1S/C39H43FO8/c1-4-37(41)46-23-11-7-5-10-22-45-32-18-20-34-33-19-13-29(25-35(33)27(2)36(34)26-32)39(43)48-31-16-14-30(15-17-31)44-21-9-6-8-12-24-47-38(42)28(3)40/h4,13-20,25-27H,1,3,5-12,21-24H2,2H3. The SMILES string of the molecule is C=CC(=O)OCCCCCCOc1ccc2c(c1)C(C)c1cc(C(=O)Oc3ccc(OCCCCCCOC(=O)C(=C)F)cc3)ccc1-2. The van der Waals surface area contributed by atoms with Crippen molar-refractivity contribution >= 4 is 17.9 Å². The van der Waals surface area contributed by atoms with Crippen molar-refractivity contribution in [2.75, 3.05) is 26.4 Å². The Morgan fingerprint density at radius 1 is 0.688 bits per heavy atom. The van der Waals surface area contributed by atoms with Crippen molar-refractivity contribution in [1.82, 2.24) is 0 Å². The molecule has 3 aromatic rings. The third kappa shape index (κ3) is 10.6. The molecule has 0 saturated carbocycles. The largest absolute Gasteiger partial charge is 0.494 e. The van der Waals surface area contributed by atoms with Crippen LogP contribution >= 0.6 is 0 Å². The van der Waals surface area contributed by atoms with Crippen molar-refractivity contribution in [3.63, 3.8) is 0 Å². The molecule has 1 aliphatic carbocycles. The summed E-state index contributed by atoms with van der Waals surface area (Å²) in [4.78, 5) is 35.1. The van der Waals surface area contributed by atoms with E-state index in [1.807, 2.05) is 18.2 Å². The summed E-state index contributed by atoms with van der Waals surface area (Å²) in [6, 6.07) is 18.8. The fourth-order valence-corrected chi connectivity index (χ4v) is 5.44. The minimum absolute atomic E-state index is 0.0976. The molecule has 0 heterocycles. The number of ether oxygens (including phenoxy) is 5. The van der Waals surface area contributed by atoms with Gasteiger partial charge < -0.3 is 23.7 Å². The van der Waals surface area contributed by atoms with Gasteiger partial charge in [0.05, 0.1) is 32.0 Å². The first-order valence-corrected chi connectivity index (χ1v) is 16.4. The maximum Gasteiger partial charge on any atom is 0.366 e. The Kier molecular flexibility index (Phi) is 13.8. The summed E-state index contributed by atoms with van der Waals surface area (Å²) in [5, 5.41) is 0. The molecule has 0 spiro atoms. The van der Waals surface area contributed by atoms with Crippen molar-refractivity contribution in [2.45, 2.75) is 64.2 Å². The van der Waals surface area contributed by atoms with Crippen LogP contribution in [-0.4, -0.2) is 44.3 Å². The zero-order valence-electron chi connectivity index (χ0n) is 27.5. The summed E-state index contributed by atoms with van der Waals surface area (Å²) in [6.45, 7) is 10.1. The molecule has 8 nitrogen and oxygen atoms in total. The third-order valence-electron chi connectivity index (χ3n) is 8.05. The molecule has 0 aromatic heterocycles. The van der Waals surface area contributed by atoms with Crippen LogP contribution in [0, 0.1) is 0 Å². The van der Waals surface area contributed by atoms with Crippen LogP contribution in [0.1, 0.15) is 85.7 Å². The van der Waals surface area contributed by atoms with Crippen LogP contribution in [0.15, 0.2) is 85.7 Å². The molecule has 1 unspecified atom stereocenters. The van der Waals surface area contributed by atoms with Crippen molar-refractivity contribution in [2.24, 2.45) is 0 Å². The van der Waals surface area contributed by atoms with Crippen molar-refractivity contribution in [3.05, 3.63) is 102 Å². The van der Waals surface area contributed by atoms with Gasteiger partial charge in [0.25, 0.3) is 0 Å². The van der Waals surface area contributed by atoms with E-state index < -0.39 is 17.8 Å². The summed E-state index contributed by atoms with van der Waals surface area (Å²) < 4.78 is 39.7. The van der Waals surface area contributed by atoms with Crippen molar-refractivity contribution in [1.29, 1.82) is 0 Å². The predicted molar refractivity (Wildman–Crippen MR) is 181 cm³/mol. The lowest BCUT2D eigenvalue weighted by atomic mass is 9.98. The van der Waals surface area contributed by atoms with E-state index in [0.717, 1.165) is 67.4 Å². The lowest BCUT2D eigenvalue weighted by molar-refractivity contribution is -0.141. The monoisotopic (exact) mass is 658 g/mol. The molecule has 1 atom stereocenters. The Hall–Kier alpha value is -4.92. The van der Waals surface area contributed by atoms with Gasteiger partial charge in [0.1, 0.15) is 17.2 Å². The summed E-state index contributed by atoms with van der Waals surface area (Å²) in [5.41, 5.74) is 4.96. The Balaban J connectivity index is 1.18. The van der Waals surface area contributed by atoms with Gasteiger partial charge in [-0.05, 0) is 122 Å². The normalized spacial score (nSPS) is 12.8. The minimum Gasteiger partial charge on any atom is -0.494 e. The van der Waals surface area contributed by atoms with Gasteiger partial charge in [-0.1, -0.05) is 32.2 Å². The summed E-state index contributed by atoms with van der Waals surface area (Å²) >= 11 is 0. The number of rotatable bonds is 20. The van der Waals surface area contributed by atoms with E-state index in [-0.39, 0.29) is 18.5 Å². The summed E-state index contributed by atoms with van der Waals surface area (Å²) in [6.07, 6.45) is 8.02. The lowest BCUT2D eigenvalue weighted by Gasteiger charge is -2.11. The smallest absolute Gasteiger partial charge is 0.366 e. The second kappa shape index (κ2) is 18.4. The molecule has 3 aromatic carbocycles. The van der Waals surface area contributed by atoms with Gasteiger partial charge in [-0.2, -0.15) is 4.39 Å². The average Bonchev–Trinajstić information content (AvgIpc) is 3.37. The molecule has 4 rings (SSSR count). The van der Waals surface area contributed by atoms with Crippen LogP contribution in [0.5, 0.6) is 17.2 Å². The van der Waals surface area contributed by atoms with E-state index in [2.05, 4.69) is 32.2 Å². The Morgan fingerprint density at radius 2 is 1.21 bits per heavy atom. The number of esters is 3. The lowest BCUT2D eigenvalue weighted by Crippen LogP contribution is -2.09. The van der Waals surface area contributed by atoms with E-state index in [4.69, 9.17) is 23.7 Å². The molecule has 0 aliphatic heterocycles. The fourth-order valence-electron chi connectivity index (χ4n) is 5.44.